The van der Waals surface area contributed by atoms with Gasteiger partial charge in [0.15, 0.2) is 0 Å². The van der Waals surface area contributed by atoms with E-state index in [1.807, 2.05) is 30.3 Å². The summed E-state index contributed by atoms with van der Waals surface area (Å²) in [6, 6.07) is 13.0. The van der Waals surface area contributed by atoms with Crippen molar-refractivity contribution in [3.8, 4) is 22.1 Å². The normalized spacial score (nSPS) is 10.7. The van der Waals surface area contributed by atoms with Crippen LogP contribution in [0.2, 0.25) is 5.02 Å². The summed E-state index contributed by atoms with van der Waals surface area (Å²) in [6.07, 6.45) is 0. The van der Waals surface area contributed by atoms with Crippen molar-refractivity contribution in [2.24, 2.45) is 0 Å². The Morgan fingerprint density at radius 1 is 1.32 bits per heavy atom. The minimum Gasteiger partial charge on any atom is -0.406 e. The zero-order valence-electron chi connectivity index (χ0n) is 11.4. The maximum absolute atomic E-state index is 11.2. The zero-order chi connectivity index (χ0) is 15.7. The van der Waals surface area contributed by atoms with E-state index in [1.165, 1.54) is 6.92 Å². The van der Waals surface area contributed by atoms with Crippen LogP contribution < -0.4 is 4.74 Å². The molecule has 0 N–H and O–H groups in total. The van der Waals surface area contributed by atoms with E-state index >= 15 is 0 Å². The number of carbonyl (C=O) groups is 1. The molecule has 2 aromatic heterocycles. The van der Waals surface area contributed by atoms with Gasteiger partial charge >= 0.3 is 5.97 Å². The summed E-state index contributed by atoms with van der Waals surface area (Å²) in [6.45, 7) is 1.34. The Hall–Kier alpha value is -1.63. The molecule has 0 aliphatic heterocycles. The topological polar surface area (TPSA) is 44.1 Å². The highest BCUT2D eigenvalue weighted by Crippen LogP contribution is 2.35. The largest absolute Gasteiger partial charge is 0.406 e. The van der Waals surface area contributed by atoms with Gasteiger partial charge in [0.2, 0.25) is 5.88 Å². The zero-order valence-corrected chi connectivity index (χ0v) is 14.6. The number of hydrogen-bond acceptors (Lipinski definition) is 4. The molecule has 0 atom stereocenters. The molecule has 22 heavy (non-hydrogen) atoms. The SMILES string of the molecule is CC(=O)Oc1cc(-c2ccc(Br)s2)n(-c2ccccc2Cl)n1. The van der Waals surface area contributed by atoms with Crippen LogP contribution in [-0.2, 0) is 4.79 Å². The number of ether oxygens (including phenoxy) is 1. The van der Waals surface area contributed by atoms with Crippen LogP contribution in [0.25, 0.3) is 16.3 Å². The van der Waals surface area contributed by atoms with Crippen molar-refractivity contribution < 1.29 is 9.53 Å². The molecule has 0 fully saturated rings. The highest BCUT2D eigenvalue weighted by atomic mass is 79.9. The lowest BCUT2D eigenvalue weighted by atomic mass is 10.3. The number of rotatable bonds is 3. The first-order chi connectivity index (χ1) is 10.5. The molecule has 0 saturated heterocycles. The molecular weight excluding hydrogens is 388 g/mol. The van der Waals surface area contributed by atoms with Crippen LogP contribution >= 0.6 is 38.9 Å². The minimum absolute atomic E-state index is 0.243. The molecule has 0 saturated carbocycles. The number of benzene rings is 1. The Morgan fingerprint density at radius 3 is 2.73 bits per heavy atom. The Labute approximate surface area is 144 Å². The number of carbonyl (C=O) groups excluding carboxylic acids is 1. The third-order valence-corrected chi connectivity index (χ3v) is 4.81. The molecular formula is C15H10BrClN2O2S. The van der Waals surface area contributed by atoms with Gasteiger partial charge in [0.1, 0.15) is 0 Å². The number of aromatic nitrogens is 2. The molecule has 3 rings (SSSR count). The monoisotopic (exact) mass is 396 g/mol. The minimum atomic E-state index is -0.414. The first kappa shape index (κ1) is 15.3. The standard InChI is InChI=1S/C15H10BrClN2O2S/c1-9(20)21-15-8-12(13-6-7-14(16)22-13)19(18-15)11-5-3-2-4-10(11)17/h2-8H,1H3. The van der Waals surface area contributed by atoms with Crippen LogP contribution in [0.5, 0.6) is 5.88 Å². The third-order valence-electron chi connectivity index (χ3n) is 2.84. The summed E-state index contributed by atoms with van der Waals surface area (Å²) in [4.78, 5) is 12.2. The fourth-order valence-corrected chi connectivity index (χ4v) is 3.59. The molecule has 1 aromatic carbocycles. The van der Waals surface area contributed by atoms with E-state index in [-0.39, 0.29) is 5.88 Å². The van der Waals surface area contributed by atoms with Gasteiger partial charge in [-0.2, -0.15) is 0 Å². The van der Waals surface area contributed by atoms with Crippen LogP contribution in [-0.4, -0.2) is 15.7 Å². The van der Waals surface area contributed by atoms with Gasteiger partial charge in [-0.1, -0.05) is 23.7 Å². The van der Waals surface area contributed by atoms with E-state index in [9.17, 15) is 4.79 Å². The maximum Gasteiger partial charge on any atom is 0.309 e. The molecule has 0 aliphatic rings. The lowest BCUT2D eigenvalue weighted by Crippen LogP contribution is -2.03. The van der Waals surface area contributed by atoms with Crippen molar-refractivity contribution in [2.45, 2.75) is 6.92 Å². The van der Waals surface area contributed by atoms with Crippen LogP contribution in [0.15, 0.2) is 46.3 Å². The van der Waals surface area contributed by atoms with Gasteiger partial charge in [-0.05, 0) is 40.2 Å². The summed E-state index contributed by atoms with van der Waals surface area (Å²) in [5.74, 6) is -0.172. The number of para-hydroxylation sites is 1. The Balaban J connectivity index is 2.17. The summed E-state index contributed by atoms with van der Waals surface area (Å²) >= 11 is 11.3. The number of thiophene rings is 1. The van der Waals surface area contributed by atoms with Crippen molar-refractivity contribution >= 4 is 44.8 Å². The Morgan fingerprint density at radius 2 is 2.09 bits per heavy atom. The van der Waals surface area contributed by atoms with Crippen LogP contribution in [0, 0.1) is 0 Å². The molecule has 0 unspecified atom stereocenters. The second-order valence-electron chi connectivity index (χ2n) is 4.43. The summed E-state index contributed by atoms with van der Waals surface area (Å²) in [7, 11) is 0. The van der Waals surface area contributed by atoms with Gasteiger partial charge in [-0.15, -0.1) is 16.4 Å². The number of halogens is 2. The third kappa shape index (κ3) is 3.09. The molecule has 7 heteroatoms. The van der Waals surface area contributed by atoms with E-state index in [2.05, 4.69) is 21.0 Å². The van der Waals surface area contributed by atoms with E-state index in [0.29, 0.717) is 5.02 Å². The Bertz CT molecular complexity index is 844. The molecule has 0 bridgehead atoms. The smallest absolute Gasteiger partial charge is 0.309 e. The molecule has 0 spiro atoms. The van der Waals surface area contributed by atoms with Crippen molar-refractivity contribution in [1.29, 1.82) is 0 Å². The number of nitrogens with zero attached hydrogens (tertiary/aromatic N) is 2. The van der Waals surface area contributed by atoms with E-state index in [0.717, 1.165) is 20.0 Å². The van der Waals surface area contributed by atoms with Crippen molar-refractivity contribution in [3.63, 3.8) is 0 Å². The number of esters is 1. The molecule has 3 aromatic rings. The van der Waals surface area contributed by atoms with E-state index in [4.69, 9.17) is 16.3 Å². The Kier molecular flexibility index (Phi) is 4.33. The molecule has 0 amide bonds. The molecule has 4 nitrogen and oxygen atoms in total. The van der Waals surface area contributed by atoms with Gasteiger partial charge in [-0.25, -0.2) is 4.68 Å². The van der Waals surface area contributed by atoms with Crippen molar-refractivity contribution in [2.75, 3.05) is 0 Å². The number of hydrogen-bond donors (Lipinski definition) is 0. The van der Waals surface area contributed by atoms with E-state index < -0.39 is 5.97 Å². The maximum atomic E-state index is 11.2. The highest BCUT2D eigenvalue weighted by Gasteiger charge is 2.16. The van der Waals surface area contributed by atoms with Gasteiger partial charge in [0, 0.05) is 13.0 Å². The predicted octanol–water partition coefficient (Wildman–Crippen LogP) is 4.94. The fourth-order valence-electron chi connectivity index (χ4n) is 1.99. The van der Waals surface area contributed by atoms with Crippen molar-refractivity contribution in [3.05, 3.63) is 51.3 Å². The van der Waals surface area contributed by atoms with Crippen LogP contribution in [0.4, 0.5) is 0 Å². The van der Waals surface area contributed by atoms with Crippen molar-refractivity contribution in [1.82, 2.24) is 9.78 Å². The van der Waals surface area contributed by atoms with Gasteiger partial charge in [0.05, 0.1) is 25.1 Å². The lowest BCUT2D eigenvalue weighted by molar-refractivity contribution is -0.132. The van der Waals surface area contributed by atoms with Gasteiger partial charge in [0.25, 0.3) is 0 Å². The fraction of sp³-hybridized carbons (Fsp3) is 0.0667. The average molecular weight is 398 g/mol. The second kappa shape index (κ2) is 6.24. The van der Waals surface area contributed by atoms with Crippen LogP contribution in [0.3, 0.4) is 0 Å². The van der Waals surface area contributed by atoms with Gasteiger partial charge in [-0.3, -0.25) is 4.79 Å². The molecule has 112 valence electrons. The first-order valence-electron chi connectivity index (χ1n) is 6.33. The predicted molar refractivity (Wildman–Crippen MR) is 90.9 cm³/mol. The lowest BCUT2D eigenvalue weighted by Gasteiger charge is -2.07. The second-order valence-corrected chi connectivity index (χ2v) is 7.30. The molecule has 2 heterocycles. The summed E-state index contributed by atoms with van der Waals surface area (Å²) < 4.78 is 7.79. The average Bonchev–Trinajstić information content (AvgIpc) is 3.05. The van der Waals surface area contributed by atoms with Crippen LogP contribution in [0.1, 0.15) is 6.92 Å². The van der Waals surface area contributed by atoms with Gasteiger partial charge < -0.3 is 4.74 Å². The molecule has 0 aliphatic carbocycles. The highest BCUT2D eigenvalue weighted by molar-refractivity contribution is 9.11. The van der Waals surface area contributed by atoms with E-state index in [1.54, 1.807) is 28.2 Å². The molecule has 0 radical (unpaired) electrons. The summed E-state index contributed by atoms with van der Waals surface area (Å²) in [5.41, 5.74) is 1.53. The quantitative estimate of drug-likeness (QED) is 0.588. The summed E-state index contributed by atoms with van der Waals surface area (Å²) in [5, 5.41) is 4.91. The first-order valence-corrected chi connectivity index (χ1v) is 8.32.